The molecule has 2 aliphatic rings. The molecule has 3 nitrogen and oxygen atoms in total. The minimum atomic E-state index is -0.647. The molecule has 118 valence electrons. The Hall–Kier alpha value is -2.55. The summed E-state index contributed by atoms with van der Waals surface area (Å²) in [5, 5.41) is 10.8. The van der Waals surface area contributed by atoms with Crippen molar-refractivity contribution in [2.24, 2.45) is 5.92 Å². The fraction of sp³-hybridized carbons (Fsp3) is 0.250. The molecule has 2 atom stereocenters. The number of aliphatic hydroxyl groups excluding tert-OH is 1. The Labute approximate surface area is 136 Å². The first-order valence-electron chi connectivity index (χ1n) is 7.95. The lowest BCUT2D eigenvalue weighted by molar-refractivity contribution is -0.145. The molecule has 0 amide bonds. The molecule has 0 radical (unpaired) electrons. The summed E-state index contributed by atoms with van der Waals surface area (Å²) < 4.78 is 5.53. The average Bonchev–Trinajstić information content (AvgIpc) is 2.54. The summed E-state index contributed by atoms with van der Waals surface area (Å²) in [6.45, 7) is 2.02. The van der Waals surface area contributed by atoms with Gasteiger partial charge in [0.2, 0.25) is 0 Å². The lowest BCUT2D eigenvalue weighted by Gasteiger charge is -2.31. The van der Waals surface area contributed by atoms with E-state index in [2.05, 4.69) is 0 Å². The minimum Gasteiger partial charge on any atom is -0.511 e. The van der Waals surface area contributed by atoms with Gasteiger partial charge in [-0.05, 0) is 24.5 Å². The van der Waals surface area contributed by atoms with Crippen molar-refractivity contribution >= 4 is 5.97 Å². The highest BCUT2D eigenvalue weighted by Gasteiger charge is 2.39. The summed E-state index contributed by atoms with van der Waals surface area (Å²) in [5.74, 6) is -0.532. The summed E-state index contributed by atoms with van der Waals surface area (Å²) in [6.07, 6.45) is 10.6. The third kappa shape index (κ3) is 3.00. The summed E-state index contributed by atoms with van der Waals surface area (Å²) >= 11 is 0. The lowest BCUT2D eigenvalue weighted by Crippen LogP contribution is -2.31. The van der Waals surface area contributed by atoms with Crippen molar-refractivity contribution < 1.29 is 14.6 Å². The smallest absolute Gasteiger partial charge is 0.322 e. The van der Waals surface area contributed by atoms with Crippen LogP contribution in [0.3, 0.4) is 0 Å². The second-order valence-electron chi connectivity index (χ2n) is 5.74. The monoisotopic (exact) mass is 308 g/mol. The number of esters is 1. The van der Waals surface area contributed by atoms with E-state index in [1.807, 2.05) is 55.5 Å². The molecular weight excluding hydrogens is 288 g/mol. The van der Waals surface area contributed by atoms with Gasteiger partial charge < -0.3 is 9.84 Å². The topological polar surface area (TPSA) is 46.5 Å². The SMILES string of the molecule is CC[C@@H](c1ccccc1)C1C(=O)O\C2=C/C=C/C=C\CC2=C1O. The molecule has 0 aromatic heterocycles. The Balaban J connectivity index is 2.05. The van der Waals surface area contributed by atoms with Crippen molar-refractivity contribution in [2.75, 3.05) is 0 Å². The molecule has 0 saturated carbocycles. The standard InChI is InChI=1S/C20H20O3/c1-2-15(14-10-6-5-7-11-14)18-19(21)16-12-8-3-4-9-13-17(16)23-20(18)22/h3-11,13,15,18,21H,2,12H2,1H3/b8-3-,9-4+,17-13-/t15-,18?/m0/s1. The molecule has 3 heteroatoms. The number of carbonyl (C=O) groups is 1. The predicted molar refractivity (Wildman–Crippen MR) is 89.7 cm³/mol. The third-order valence-corrected chi connectivity index (χ3v) is 4.36. The normalized spacial score (nSPS) is 26.9. The van der Waals surface area contributed by atoms with Crippen LogP contribution in [-0.4, -0.2) is 11.1 Å². The van der Waals surface area contributed by atoms with E-state index in [1.165, 1.54) is 0 Å². The molecule has 1 aliphatic carbocycles. The molecule has 1 N–H and O–H groups in total. The fourth-order valence-electron chi connectivity index (χ4n) is 3.19. The van der Waals surface area contributed by atoms with Crippen LogP contribution in [0.2, 0.25) is 0 Å². The number of aliphatic hydroxyl groups is 1. The van der Waals surface area contributed by atoms with Gasteiger partial charge in [0.1, 0.15) is 17.4 Å². The van der Waals surface area contributed by atoms with Crippen LogP contribution in [0.5, 0.6) is 0 Å². The van der Waals surface area contributed by atoms with Crippen molar-refractivity contribution in [3.8, 4) is 0 Å². The Bertz CT molecular complexity index is 708. The number of hydrogen-bond acceptors (Lipinski definition) is 3. The number of carbonyl (C=O) groups excluding carboxylic acids is 1. The van der Waals surface area contributed by atoms with Crippen molar-refractivity contribution in [3.05, 3.63) is 83.4 Å². The van der Waals surface area contributed by atoms with Crippen LogP contribution in [-0.2, 0) is 9.53 Å². The summed E-state index contributed by atoms with van der Waals surface area (Å²) in [7, 11) is 0. The first-order valence-corrected chi connectivity index (χ1v) is 7.95. The maximum atomic E-state index is 12.5. The molecule has 1 heterocycles. The van der Waals surface area contributed by atoms with Crippen LogP contribution in [0.1, 0.15) is 31.2 Å². The maximum absolute atomic E-state index is 12.5. The molecule has 0 spiro atoms. The zero-order chi connectivity index (χ0) is 16.2. The number of allylic oxidation sites excluding steroid dienone is 6. The number of ether oxygens (including phenoxy) is 1. The van der Waals surface area contributed by atoms with Crippen LogP contribution in [0, 0.1) is 5.92 Å². The van der Waals surface area contributed by atoms with Crippen LogP contribution in [0.15, 0.2) is 77.8 Å². The second-order valence-corrected chi connectivity index (χ2v) is 5.74. The van der Waals surface area contributed by atoms with Crippen molar-refractivity contribution in [3.63, 3.8) is 0 Å². The number of fused-ring (bicyclic) bond motifs is 1. The first-order chi connectivity index (χ1) is 11.2. The van der Waals surface area contributed by atoms with Gasteiger partial charge in [0, 0.05) is 11.5 Å². The fourth-order valence-corrected chi connectivity index (χ4v) is 3.19. The number of benzene rings is 1. The van der Waals surface area contributed by atoms with Gasteiger partial charge in [0.15, 0.2) is 0 Å². The minimum absolute atomic E-state index is 0.0947. The molecule has 0 saturated heterocycles. The molecule has 0 fully saturated rings. The highest BCUT2D eigenvalue weighted by atomic mass is 16.5. The molecule has 0 bridgehead atoms. The van der Waals surface area contributed by atoms with E-state index in [9.17, 15) is 9.90 Å². The first kappa shape index (κ1) is 15.3. The summed E-state index contributed by atoms with van der Waals surface area (Å²) in [5.41, 5.74) is 1.74. The van der Waals surface area contributed by atoms with E-state index in [1.54, 1.807) is 12.2 Å². The lowest BCUT2D eigenvalue weighted by atomic mass is 9.80. The Kier molecular flexibility index (Phi) is 4.47. The van der Waals surface area contributed by atoms with Crippen LogP contribution in [0.25, 0.3) is 0 Å². The quantitative estimate of drug-likeness (QED) is 0.832. The van der Waals surface area contributed by atoms with Crippen LogP contribution >= 0.6 is 0 Å². The van der Waals surface area contributed by atoms with E-state index < -0.39 is 5.92 Å². The van der Waals surface area contributed by atoms with Gasteiger partial charge in [-0.2, -0.15) is 0 Å². The molecule has 1 unspecified atom stereocenters. The largest absolute Gasteiger partial charge is 0.511 e. The van der Waals surface area contributed by atoms with Gasteiger partial charge in [0.05, 0.1) is 0 Å². The molecular formula is C20H20O3. The molecule has 1 aromatic rings. The predicted octanol–water partition coefficient (Wildman–Crippen LogP) is 4.57. The molecule has 1 aliphatic heterocycles. The van der Waals surface area contributed by atoms with Gasteiger partial charge >= 0.3 is 5.97 Å². The molecule has 1 aromatic carbocycles. The average molecular weight is 308 g/mol. The van der Waals surface area contributed by atoms with Gasteiger partial charge in [-0.1, -0.05) is 61.6 Å². The van der Waals surface area contributed by atoms with Crippen molar-refractivity contribution in [1.29, 1.82) is 0 Å². The Morgan fingerprint density at radius 2 is 2.00 bits per heavy atom. The van der Waals surface area contributed by atoms with Gasteiger partial charge in [0.25, 0.3) is 0 Å². The van der Waals surface area contributed by atoms with E-state index in [0.717, 1.165) is 12.0 Å². The highest BCUT2D eigenvalue weighted by molar-refractivity contribution is 5.81. The van der Waals surface area contributed by atoms with Gasteiger partial charge in [-0.15, -0.1) is 0 Å². The third-order valence-electron chi connectivity index (χ3n) is 4.36. The Morgan fingerprint density at radius 3 is 2.74 bits per heavy atom. The zero-order valence-corrected chi connectivity index (χ0v) is 13.1. The van der Waals surface area contributed by atoms with Gasteiger partial charge in [-0.3, -0.25) is 4.79 Å². The second kappa shape index (κ2) is 6.69. The highest BCUT2D eigenvalue weighted by Crippen LogP contribution is 2.40. The van der Waals surface area contributed by atoms with Crippen LogP contribution in [0.4, 0.5) is 0 Å². The number of hydrogen-bond donors (Lipinski definition) is 1. The maximum Gasteiger partial charge on any atom is 0.322 e. The summed E-state index contributed by atoms with van der Waals surface area (Å²) in [6, 6.07) is 9.83. The van der Waals surface area contributed by atoms with Gasteiger partial charge in [-0.25, -0.2) is 0 Å². The molecule has 23 heavy (non-hydrogen) atoms. The van der Waals surface area contributed by atoms with Crippen molar-refractivity contribution in [2.45, 2.75) is 25.7 Å². The zero-order valence-electron chi connectivity index (χ0n) is 13.1. The number of rotatable bonds is 3. The summed E-state index contributed by atoms with van der Waals surface area (Å²) in [4.78, 5) is 12.5. The Morgan fingerprint density at radius 1 is 1.22 bits per heavy atom. The van der Waals surface area contributed by atoms with E-state index in [4.69, 9.17) is 4.74 Å². The molecule has 3 rings (SSSR count). The van der Waals surface area contributed by atoms with E-state index in [-0.39, 0.29) is 17.6 Å². The van der Waals surface area contributed by atoms with E-state index >= 15 is 0 Å². The van der Waals surface area contributed by atoms with E-state index in [0.29, 0.717) is 17.8 Å². The van der Waals surface area contributed by atoms with Crippen molar-refractivity contribution in [1.82, 2.24) is 0 Å². The van der Waals surface area contributed by atoms with Crippen LogP contribution < -0.4 is 0 Å².